The lowest BCUT2D eigenvalue weighted by Crippen LogP contribution is -2.51. The van der Waals surface area contributed by atoms with E-state index in [4.69, 9.17) is 9.15 Å². The molecule has 772 valence electrons. The van der Waals surface area contributed by atoms with Crippen LogP contribution in [0.5, 0.6) is 0 Å². The quantitative estimate of drug-likeness (QED) is 0.0351. The fourth-order valence-electron chi connectivity index (χ4n) is 22.8. The third-order valence-corrected chi connectivity index (χ3v) is 34.7. The predicted octanol–water partition coefficient (Wildman–Crippen LogP) is 16.2. The maximum absolute atomic E-state index is 12.8. The van der Waals surface area contributed by atoms with Crippen molar-refractivity contribution in [2.45, 2.75) is 242 Å². The maximum Gasteiger partial charge on any atom is 0.410 e. The van der Waals surface area contributed by atoms with E-state index in [0.717, 1.165) is 211 Å². The first kappa shape index (κ1) is 103. The number of pyridine rings is 5. The average molecular weight is 1990 g/mol. The molecule has 7 aliphatic heterocycles. The van der Waals surface area contributed by atoms with Crippen LogP contribution >= 0.6 is 0 Å². The number of hydrogen-bond acceptors (Lipinski definition) is 18. The molecular formula is C110H148N20O13S. The monoisotopic (exact) mass is 1990 g/mol. The van der Waals surface area contributed by atoms with Gasteiger partial charge in [0.25, 0.3) is 17.7 Å². The number of aromatic nitrogens is 7. The number of sulfonamides is 1. The van der Waals surface area contributed by atoms with Gasteiger partial charge >= 0.3 is 24.2 Å². The van der Waals surface area contributed by atoms with Gasteiger partial charge in [-0.3, -0.25) is 48.9 Å². The number of likely N-dealkylation sites (tertiary alicyclic amines) is 4. The zero-order valence-corrected chi connectivity index (χ0v) is 86.9. The van der Waals surface area contributed by atoms with Crippen LogP contribution in [0.1, 0.15) is 258 Å². The van der Waals surface area contributed by atoms with Crippen molar-refractivity contribution in [1.29, 1.82) is 0 Å². The van der Waals surface area contributed by atoms with Crippen molar-refractivity contribution in [2.24, 2.45) is 67.5 Å². The second-order valence-corrected chi connectivity index (χ2v) is 49.1. The zero-order chi connectivity index (χ0) is 102. The summed E-state index contributed by atoms with van der Waals surface area (Å²) >= 11 is 0. The molecule has 12 amide bonds. The van der Waals surface area contributed by atoms with Crippen LogP contribution < -0.4 is 31.9 Å². The van der Waals surface area contributed by atoms with Gasteiger partial charge in [-0.15, -0.1) is 0 Å². The Hall–Kier alpha value is -12.1. The Morgan fingerprint density at radius 1 is 0.410 bits per heavy atom. The summed E-state index contributed by atoms with van der Waals surface area (Å²) in [4.78, 5) is 150. The maximum atomic E-state index is 12.8. The lowest BCUT2D eigenvalue weighted by Gasteiger charge is -2.35. The summed E-state index contributed by atoms with van der Waals surface area (Å²) in [6.45, 7) is 38.2. The van der Waals surface area contributed by atoms with Gasteiger partial charge in [0.1, 0.15) is 17.0 Å². The van der Waals surface area contributed by atoms with E-state index in [1.165, 1.54) is 5.56 Å². The summed E-state index contributed by atoms with van der Waals surface area (Å²) < 4.78 is 38.4. The molecule has 8 aromatic heterocycles. The number of benzene rings is 1. The van der Waals surface area contributed by atoms with Crippen molar-refractivity contribution in [3.05, 3.63) is 186 Å². The number of ether oxygens (including phenoxy) is 1. The Labute approximate surface area is 846 Å². The molecule has 5 spiro atoms. The van der Waals surface area contributed by atoms with Crippen molar-refractivity contribution in [1.82, 2.24) is 100 Å². The minimum Gasteiger partial charge on any atom is -0.449 e. The molecule has 5 saturated heterocycles. The molecule has 1 aromatic carbocycles. The van der Waals surface area contributed by atoms with Gasteiger partial charge in [0.2, 0.25) is 21.8 Å². The van der Waals surface area contributed by atoms with Crippen molar-refractivity contribution < 1.29 is 60.7 Å². The smallest absolute Gasteiger partial charge is 0.410 e. The molecule has 21 rings (SSSR count). The van der Waals surface area contributed by atoms with Crippen LogP contribution in [0, 0.1) is 67.5 Å². The standard InChI is InChI=1S/C23H28N4O3S.2C22H30N4O2.C22H29N3O4.C21H31N5O2/c28-22(26-15-19-6-9-24-13-20(19)16-26)25-14-21-12-23(21)7-10-27(11-8-23)31(29,30)17-18-4-2-1-3-5-18;2*1-21(2,3)12-19(27)26-8-5-22(6-9-26)11-16(22)14-24-20(28)18-10-15-13-23-7-4-17(15)25-18;1-4-21(2,3)29-20(27)25-9-6-22(7-10-25)12-16(22)13-24-19(26)17-11-15-5-8-23-14-18(15)28-17;1-20(2,3)24-19(28)25-8-5-21(6-9-25)10-17(21)12-23-18(27)26-13-15-4-7-22-11-16(15)14-26/h1-6,9,13,21H,7-8,10-12,14-17H2,(H,25,28);2*4,7,10,13,16,25H,5-6,8-9,11-12,14H2,1-3H3,(H,24,28);5,8,11,14,16H,4,6-7,9-10,12-13H2,1-3H3,(H,24,26);4,7,11,17H,5-6,8-10,12-14H2,1-3H3,(H,23,27)(H,24,28). The summed E-state index contributed by atoms with van der Waals surface area (Å²) in [5.74, 6) is 3.14. The normalized spacial score (nSPS) is 21.6. The molecule has 12 aliphatic rings. The predicted molar refractivity (Wildman–Crippen MR) is 550 cm³/mol. The summed E-state index contributed by atoms with van der Waals surface area (Å²) in [7, 11) is -3.29. The Balaban J connectivity index is 0.000000124. The lowest BCUT2D eigenvalue weighted by molar-refractivity contribution is -0.135. The van der Waals surface area contributed by atoms with Gasteiger partial charge in [-0.05, 0) is 281 Å². The molecule has 10 fully saturated rings. The molecular weight excluding hydrogens is 1840 g/mol. The van der Waals surface area contributed by atoms with E-state index in [9.17, 15) is 51.6 Å². The number of amides is 12. The molecule has 144 heavy (non-hydrogen) atoms. The van der Waals surface area contributed by atoms with Crippen LogP contribution in [-0.2, 0) is 56.3 Å². The van der Waals surface area contributed by atoms with Crippen molar-refractivity contribution in [3.8, 4) is 0 Å². The van der Waals surface area contributed by atoms with Gasteiger partial charge in [-0.1, -0.05) is 78.8 Å². The number of nitrogens with zero attached hydrogens (tertiary/aromatic N) is 12. The molecule has 34 heteroatoms. The highest BCUT2D eigenvalue weighted by Gasteiger charge is 2.60. The molecule has 8 N–H and O–H groups in total. The Morgan fingerprint density at radius 2 is 0.785 bits per heavy atom. The van der Waals surface area contributed by atoms with Crippen molar-refractivity contribution in [2.75, 3.05) is 98.2 Å². The van der Waals surface area contributed by atoms with Gasteiger partial charge in [0, 0.05) is 226 Å². The lowest BCUT2D eigenvalue weighted by atomic mass is 9.88. The molecule has 0 radical (unpaired) electrons. The molecule has 15 heterocycles. The van der Waals surface area contributed by atoms with Crippen LogP contribution in [0.2, 0.25) is 0 Å². The summed E-state index contributed by atoms with van der Waals surface area (Å²) in [6.07, 6.45) is 34.9. The second-order valence-electron chi connectivity index (χ2n) is 47.1. The van der Waals surface area contributed by atoms with Gasteiger partial charge < -0.3 is 80.4 Å². The number of H-pyrrole nitrogens is 2. The van der Waals surface area contributed by atoms with E-state index < -0.39 is 15.6 Å². The first-order valence-corrected chi connectivity index (χ1v) is 53.7. The van der Waals surface area contributed by atoms with Gasteiger partial charge in [-0.2, -0.15) is 0 Å². The Morgan fingerprint density at radius 3 is 1.19 bits per heavy atom. The highest BCUT2D eigenvalue weighted by molar-refractivity contribution is 7.88. The van der Waals surface area contributed by atoms with Crippen LogP contribution in [0.3, 0.4) is 0 Å². The number of aromatic amines is 2. The van der Waals surface area contributed by atoms with E-state index in [1.807, 2.05) is 156 Å². The number of furan rings is 1. The number of hydrogen-bond donors (Lipinski definition) is 8. The minimum atomic E-state index is -3.29. The number of rotatable bonds is 20. The largest absolute Gasteiger partial charge is 0.449 e. The Kier molecular flexibility index (Phi) is 30.3. The molecule has 0 bridgehead atoms. The van der Waals surface area contributed by atoms with E-state index in [-0.39, 0.29) is 86.7 Å². The minimum absolute atomic E-state index is 0.0141. The number of fused-ring (bicyclic) bond motifs is 5. The van der Waals surface area contributed by atoms with Gasteiger partial charge in [0.05, 0.1) is 11.9 Å². The van der Waals surface area contributed by atoms with Crippen LogP contribution in [0.25, 0.3) is 32.8 Å². The number of carbonyl (C=O) groups excluding carboxylic acids is 9. The van der Waals surface area contributed by atoms with Crippen LogP contribution in [0.4, 0.5) is 19.2 Å². The van der Waals surface area contributed by atoms with Gasteiger partial charge in [0.15, 0.2) is 11.3 Å². The number of nitrogens with one attached hydrogen (secondary N) is 8. The number of piperidine rings is 5. The highest BCUT2D eigenvalue weighted by Crippen LogP contribution is 2.63. The van der Waals surface area contributed by atoms with Crippen LogP contribution in [0.15, 0.2) is 145 Å². The molecule has 5 atom stereocenters. The molecule has 5 saturated carbocycles. The topological polar surface area (TPSA) is 401 Å². The first-order chi connectivity index (χ1) is 68.5. The van der Waals surface area contributed by atoms with E-state index in [1.54, 1.807) is 59.9 Å². The third-order valence-electron chi connectivity index (χ3n) is 32.9. The second kappa shape index (κ2) is 42.2. The van der Waals surface area contributed by atoms with Crippen molar-refractivity contribution >= 4 is 96.5 Å². The fraction of sp³-hybridized carbons (Fsp3) is 0.582. The molecule has 33 nitrogen and oxygen atoms in total. The van der Waals surface area contributed by atoms with Crippen LogP contribution in [-0.4, -0.2) is 240 Å². The summed E-state index contributed by atoms with van der Waals surface area (Å²) in [5.41, 5.74) is 9.95. The average Bonchev–Trinajstić information content (AvgIpc) is 1.61. The molecule has 5 unspecified atom stereocenters. The summed E-state index contributed by atoms with van der Waals surface area (Å²) in [6, 6.07) is 24.4. The molecule has 9 aromatic rings. The fourth-order valence-corrected chi connectivity index (χ4v) is 24.4. The number of urea groups is 3. The third kappa shape index (κ3) is 25.5. The summed E-state index contributed by atoms with van der Waals surface area (Å²) in [5, 5.41) is 21.2. The zero-order valence-electron chi connectivity index (χ0n) is 86.1. The van der Waals surface area contributed by atoms with Crippen molar-refractivity contribution in [3.63, 3.8) is 0 Å². The van der Waals surface area contributed by atoms with E-state index >= 15 is 0 Å². The highest BCUT2D eigenvalue weighted by atomic mass is 32.2. The Bertz CT molecular complexity index is 5960. The van der Waals surface area contributed by atoms with E-state index in [0.29, 0.717) is 147 Å². The SMILES string of the molecule is CC(C)(C)CC(=O)N1CCC2(CC1)CC2CNC(=O)c1cc2cnccc2[nH]1.CC(C)(C)CC(=O)N1CCC2(CC1)CC2CNC(=O)c1cc2cnccc2[nH]1.CC(C)(C)NC(=O)N1CCC2(CC1)CC2CNC(=O)N1Cc2ccncc2C1.CCC(C)(C)OC(=O)N1CCC2(CC1)CC2CNC(=O)c1cc2ccncc2o1.O=C(NCC1CC12CCN(S(=O)(=O)Cc1ccccc1)CC2)N1Cc2ccncc2C1. The number of carbonyl (C=O) groups is 9. The van der Waals surface area contributed by atoms with Gasteiger partial charge in [-0.25, -0.2) is 31.9 Å². The first-order valence-electron chi connectivity index (χ1n) is 52.1. The van der Waals surface area contributed by atoms with E-state index in [2.05, 4.69) is 108 Å². The molecule has 5 aliphatic carbocycles.